The summed E-state index contributed by atoms with van der Waals surface area (Å²) in [7, 11) is 1.56. The smallest absolute Gasteiger partial charge is 0.307 e. The van der Waals surface area contributed by atoms with E-state index in [1.54, 1.807) is 7.11 Å². The Bertz CT molecular complexity index is 378. The first kappa shape index (κ1) is 15.6. The van der Waals surface area contributed by atoms with Gasteiger partial charge in [-0.05, 0) is 24.1 Å². The number of benzene rings is 1. The largest absolute Gasteiger partial charge is 0.481 e. The van der Waals surface area contributed by atoms with Crippen molar-refractivity contribution in [1.82, 2.24) is 5.32 Å². The van der Waals surface area contributed by atoms with Crippen molar-refractivity contribution < 1.29 is 19.7 Å². The molecule has 1 atom stereocenters. The van der Waals surface area contributed by atoms with Gasteiger partial charge >= 0.3 is 5.97 Å². The van der Waals surface area contributed by atoms with Crippen molar-refractivity contribution in [1.29, 1.82) is 0 Å². The van der Waals surface area contributed by atoms with Gasteiger partial charge in [0.2, 0.25) is 0 Å². The number of methoxy groups -OCH3 is 1. The molecule has 0 aliphatic rings. The van der Waals surface area contributed by atoms with Crippen molar-refractivity contribution in [2.75, 3.05) is 20.3 Å². The van der Waals surface area contributed by atoms with Crippen LogP contribution in [-0.2, 0) is 22.5 Å². The van der Waals surface area contributed by atoms with Crippen molar-refractivity contribution in [3.8, 4) is 0 Å². The van der Waals surface area contributed by atoms with Gasteiger partial charge in [-0.25, -0.2) is 0 Å². The average molecular weight is 267 g/mol. The van der Waals surface area contributed by atoms with E-state index in [1.165, 1.54) is 0 Å². The molecule has 0 spiro atoms. The molecule has 0 bridgehead atoms. The summed E-state index contributed by atoms with van der Waals surface area (Å²) in [5, 5.41) is 21.3. The number of nitrogens with one attached hydrogen (secondary N) is 1. The topological polar surface area (TPSA) is 78.8 Å². The van der Waals surface area contributed by atoms with Crippen molar-refractivity contribution in [3.05, 3.63) is 35.4 Å². The molecular formula is C14H21NO4. The molecule has 0 aliphatic heterocycles. The third kappa shape index (κ3) is 6.91. The molecule has 0 heterocycles. The maximum Gasteiger partial charge on any atom is 0.307 e. The number of carboxylic acid groups (broad SMARTS) is 1. The van der Waals surface area contributed by atoms with E-state index >= 15 is 0 Å². The van der Waals surface area contributed by atoms with Gasteiger partial charge in [-0.15, -0.1) is 0 Å². The van der Waals surface area contributed by atoms with E-state index in [-0.39, 0.29) is 6.42 Å². The number of hydrogen-bond donors (Lipinski definition) is 3. The van der Waals surface area contributed by atoms with E-state index in [0.717, 1.165) is 11.1 Å². The molecule has 5 nitrogen and oxygen atoms in total. The van der Waals surface area contributed by atoms with E-state index in [4.69, 9.17) is 9.84 Å². The fourth-order valence-corrected chi connectivity index (χ4v) is 1.73. The summed E-state index contributed by atoms with van der Waals surface area (Å²) in [6, 6.07) is 7.48. The van der Waals surface area contributed by atoms with Crippen LogP contribution >= 0.6 is 0 Å². The molecule has 1 aromatic carbocycles. The molecule has 0 aliphatic carbocycles. The second-order valence-electron chi connectivity index (χ2n) is 4.46. The van der Waals surface area contributed by atoms with Crippen LogP contribution in [0.2, 0.25) is 0 Å². The van der Waals surface area contributed by atoms with Gasteiger partial charge in [0.25, 0.3) is 0 Å². The first-order valence-corrected chi connectivity index (χ1v) is 6.29. The Morgan fingerprint density at radius 2 is 1.95 bits per heavy atom. The molecule has 1 rings (SSSR count). The Morgan fingerprint density at radius 1 is 1.32 bits per heavy atom. The van der Waals surface area contributed by atoms with Crippen LogP contribution in [0.1, 0.15) is 17.5 Å². The van der Waals surface area contributed by atoms with Crippen molar-refractivity contribution in [2.24, 2.45) is 0 Å². The monoisotopic (exact) mass is 267 g/mol. The lowest BCUT2D eigenvalue weighted by atomic mass is 10.1. The molecule has 19 heavy (non-hydrogen) atoms. The second kappa shape index (κ2) is 8.63. The van der Waals surface area contributed by atoms with Crippen molar-refractivity contribution >= 4 is 5.97 Å². The van der Waals surface area contributed by atoms with Crippen molar-refractivity contribution in [3.63, 3.8) is 0 Å². The zero-order valence-corrected chi connectivity index (χ0v) is 11.1. The highest BCUT2D eigenvalue weighted by Gasteiger charge is 2.03. The number of aliphatic carboxylic acids is 1. The number of carbonyl (C=O) groups is 1. The lowest BCUT2D eigenvalue weighted by Gasteiger charge is -2.10. The molecule has 0 fully saturated rings. The number of aliphatic hydroxyl groups excluding tert-OH is 1. The molecule has 0 aromatic heterocycles. The highest BCUT2D eigenvalue weighted by molar-refractivity contribution is 5.70. The summed E-state index contributed by atoms with van der Waals surface area (Å²) in [4.78, 5) is 10.5. The van der Waals surface area contributed by atoms with Gasteiger partial charge in [0, 0.05) is 13.7 Å². The van der Waals surface area contributed by atoms with E-state index in [2.05, 4.69) is 5.32 Å². The number of hydrogen-bond acceptors (Lipinski definition) is 4. The molecule has 0 saturated carbocycles. The minimum Gasteiger partial charge on any atom is -0.481 e. The lowest BCUT2D eigenvalue weighted by Crippen LogP contribution is -2.23. The van der Waals surface area contributed by atoms with Crippen LogP contribution in [-0.4, -0.2) is 42.5 Å². The molecule has 1 aromatic rings. The number of aliphatic hydroxyl groups is 1. The fraction of sp³-hybridized carbons (Fsp3) is 0.500. The number of rotatable bonds is 9. The first-order valence-electron chi connectivity index (χ1n) is 6.29. The van der Waals surface area contributed by atoms with Gasteiger partial charge in [0.15, 0.2) is 0 Å². The quantitative estimate of drug-likeness (QED) is 0.577. The van der Waals surface area contributed by atoms with Crippen LogP contribution in [0.5, 0.6) is 0 Å². The molecule has 5 heteroatoms. The van der Waals surface area contributed by atoms with Crippen LogP contribution < -0.4 is 5.32 Å². The normalized spacial score (nSPS) is 12.3. The van der Waals surface area contributed by atoms with Gasteiger partial charge in [0.05, 0.1) is 19.1 Å². The van der Waals surface area contributed by atoms with Gasteiger partial charge in [-0.3, -0.25) is 4.79 Å². The van der Waals surface area contributed by atoms with Gasteiger partial charge in [-0.2, -0.15) is 0 Å². The minimum atomic E-state index is -0.821. The Morgan fingerprint density at radius 3 is 2.53 bits per heavy atom. The highest BCUT2D eigenvalue weighted by atomic mass is 16.5. The Balaban J connectivity index is 2.24. The number of ether oxygens (including phenoxy) is 1. The Hall–Kier alpha value is -1.43. The van der Waals surface area contributed by atoms with E-state index in [0.29, 0.717) is 26.1 Å². The number of carboxylic acids is 1. The van der Waals surface area contributed by atoms with Gasteiger partial charge in [0.1, 0.15) is 0 Å². The summed E-state index contributed by atoms with van der Waals surface area (Å²) in [6.07, 6.45) is 0.262. The maximum absolute atomic E-state index is 10.5. The lowest BCUT2D eigenvalue weighted by molar-refractivity contribution is -0.136. The van der Waals surface area contributed by atoms with Crippen LogP contribution in [0.4, 0.5) is 0 Å². The summed E-state index contributed by atoms with van der Waals surface area (Å²) in [6.45, 7) is 1.76. The van der Waals surface area contributed by atoms with Gasteiger partial charge < -0.3 is 20.3 Å². The summed E-state index contributed by atoms with van der Waals surface area (Å²) in [5.74, 6) is -0.821. The fourth-order valence-electron chi connectivity index (χ4n) is 1.73. The zero-order valence-electron chi connectivity index (χ0n) is 11.1. The molecule has 0 saturated heterocycles. The Kier molecular flexibility index (Phi) is 7.10. The average Bonchev–Trinajstić information content (AvgIpc) is 2.36. The van der Waals surface area contributed by atoms with Crippen molar-refractivity contribution in [2.45, 2.75) is 25.5 Å². The first-order chi connectivity index (χ1) is 9.11. The van der Waals surface area contributed by atoms with Gasteiger partial charge in [-0.1, -0.05) is 24.3 Å². The summed E-state index contributed by atoms with van der Waals surface area (Å²) >= 11 is 0. The summed E-state index contributed by atoms with van der Waals surface area (Å²) < 4.78 is 4.84. The molecule has 0 radical (unpaired) electrons. The highest BCUT2D eigenvalue weighted by Crippen LogP contribution is 2.05. The predicted octanol–water partition coefficient (Wildman–Crippen LogP) is 0.801. The Labute approximate surface area is 113 Å². The minimum absolute atomic E-state index is 0.0525. The molecule has 106 valence electrons. The SMILES string of the molecule is COCC(O)CCNCc1ccc(CC(=O)O)cc1. The zero-order chi connectivity index (χ0) is 14.1. The van der Waals surface area contributed by atoms with E-state index < -0.39 is 12.1 Å². The maximum atomic E-state index is 10.5. The second-order valence-corrected chi connectivity index (χ2v) is 4.46. The predicted molar refractivity (Wildman–Crippen MR) is 72.0 cm³/mol. The molecule has 3 N–H and O–H groups in total. The molecular weight excluding hydrogens is 246 g/mol. The van der Waals surface area contributed by atoms with Crippen LogP contribution in [0.3, 0.4) is 0 Å². The van der Waals surface area contributed by atoms with E-state index in [1.807, 2.05) is 24.3 Å². The van der Waals surface area contributed by atoms with E-state index in [9.17, 15) is 9.90 Å². The third-order valence-electron chi connectivity index (χ3n) is 2.72. The van der Waals surface area contributed by atoms with Crippen LogP contribution in [0, 0.1) is 0 Å². The molecule has 1 unspecified atom stereocenters. The third-order valence-corrected chi connectivity index (χ3v) is 2.72. The summed E-state index contributed by atoms with van der Waals surface area (Å²) in [5.41, 5.74) is 1.89. The van der Waals surface area contributed by atoms with Crippen LogP contribution in [0.15, 0.2) is 24.3 Å². The van der Waals surface area contributed by atoms with Crippen LogP contribution in [0.25, 0.3) is 0 Å². The standard InChI is InChI=1S/C14H21NO4/c1-19-10-13(16)6-7-15-9-12-4-2-11(3-5-12)8-14(17)18/h2-5,13,15-16H,6-10H2,1H3,(H,17,18). The molecule has 0 amide bonds.